The number of carbonyl (C=O) groups is 1. The Morgan fingerprint density at radius 3 is 2.29 bits per heavy atom. The van der Waals surface area contributed by atoms with E-state index >= 15 is 0 Å². The van der Waals surface area contributed by atoms with Gasteiger partial charge in [0.05, 0.1) is 6.54 Å². The van der Waals surface area contributed by atoms with Gasteiger partial charge in [0.2, 0.25) is 0 Å². The van der Waals surface area contributed by atoms with Gasteiger partial charge in [0.1, 0.15) is 0 Å². The number of benzene rings is 2. The second-order valence-corrected chi connectivity index (χ2v) is 6.97. The van der Waals surface area contributed by atoms with Crippen molar-refractivity contribution in [1.29, 1.82) is 0 Å². The van der Waals surface area contributed by atoms with E-state index in [0.717, 1.165) is 24.6 Å². The van der Waals surface area contributed by atoms with E-state index in [2.05, 4.69) is 53.2 Å². The Hall–Kier alpha value is -2.09. The van der Waals surface area contributed by atoms with Crippen molar-refractivity contribution >= 4 is 35.8 Å². The maximum atomic E-state index is 11.6. The summed E-state index contributed by atoms with van der Waals surface area (Å²) < 4.78 is 0. The van der Waals surface area contributed by atoms with E-state index in [4.69, 9.17) is 4.99 Å². The number of hydrogen-bond donors (Lipinski definition) is 3. The third-order valence-electron chi connectivity index (χ3n) is 5.04. The molecule has 0 unspecified atom stereocenters. The molecule has 150 valence electrons. The molecule has 3 N–H and O–H groups in total. The Morgan fingerprint density at radius 2 is 1.71 bits per heavy atom. The molecule has 6 heteroatoms. The van der Waals surface area contributed by atoms with E-state index in [0.29, 0.717) is 12.1 Å². The molecule has 0 heterocycles. The summed E-state index contributed by atoms with van der Waals surface area (Å²) in [5.41, 5.74) is 3.38. The normalized spacial score (nSPS) is 14.6. The molecule has 2 aromatic rings. The van der Waals surface area contributed by atoms with Gasteiger partial charge < -0.3 is 16.0 Å². The summed E-state index contributed by atoms with van der Waals surface area (Å²) in [6.45, 7) is 4.35. The largest absolute Gasteiger partial charge is 0.357 e. The van der Waals surface area contributed by atoms with Crippen LogP contribution in [0.1, 0.15) is 41.3 Å². The molecule has 1 amide bonds. The number of nitrogens with zero attached hydrogens (tertiary/aromatic N) is 1. The lowest BCUT2D eigenvalue weighted by molar-refractivity contribution is 0.0963. The van der Waals surface area contributed by atoms with Crippen molar-refractivity contribution in [2.45, 2.75) is 31.7 Å². The highest BCUT2D eigenvalue weighted by Gasteiger charge is 2.43. The molecule has 1 aliphatic carbocycles. The molecule has 0 aromatic heterocycles. The van der Waals surface area contributed by atoms with Crippen molar-refractivity contribution in [3.63, 3.8) is 0 Å². The maximum Gasteiger partial charge on any atom is 0.251 e. The average molecular weight is 492 g/mol. The summed E-state index contributed by atoms with van der Waals surface area (Å²) in [6, 6.07) is 18.3. The smallest absolute Gasteiger partial charge is 0.251 e. The fraction of sp³-hybridized carbons (Fsp3) is 0.364. The molecule has 0 saturated heterocycles. The van der Waals surface area contributed by atoms with Crippen LogP contribution in [0, 0.1) is 0 Å². The van der Waals surface area contributed by atoms with Gasteiger partial charge in [0, 0.05) is 31.1 Å². The average Bonchev–Trinajstić information content (AvgIpc) is 3.52. The minimum absolute atomic E-state index is 0. The quantitative estimate of drug-likeness (QED) is 0.315. The summed E-state index contributed by atoms with van der Waals surface area (Å²) in [5, 5.41) is 9.46. The van der Waals surface area contributed by atoms with E-state index < -0.39 is 0 Å². The van der Waals surface area contributed by atoms with Gasteiger partial charge in [0.15, 0.2) is 5.96 Å². The lowest BCUT2D eigenvalue weighted by Gasteiger charge is -2.19. The molecule has 0 radical (unpaired) electrons. The number of amides is 1. The summed E-state index contributed by atoms with van der Waals surface area (Å²) in [5.74, 6) is 0.755. The number of halogens is 1. The highest BCUT2D eigenvalue weighted by molar-refractivity contribution is 14.0. The molecular weight excluding hydrogens is 463 g/mol. The number of nitrogens with one attached hydrogen (secondary N) is 3. The predicted octanol–water partition coefficient (Wildman–Crippen LogP) is 3.45. The molecular formula is C22H29IN4O. The Bertz CT molecular complexity index is 786. The standard InChI is InChI=1S/C22H28N4O.HI/c1-3-24-21(25-15-17-9-11-18(12-10-17)20(27)23-2)26-16-22(13-14-22)19-7-5-4-6-8-19;/h4-12H,3,13-16H2,1-2H3,(H,23,27)(H2,24,25,26);1H. The van der Waals surface area contributed by atoms with Crippen molar-refractivity contribution < 1.29 is 4.79 Å². The number of guanidine groups is 1. The highest BCUT2D eigenvalue weighted by atomic mass is 127. The molecule has 2 aromatic carbocycles. The maximum absolute atomic E-state index is 11.6. The summed E-state index contributed by atoms with van der Waals surface area (Å²) in [6.07, 6.45) is 2.43. The fourth-order valence-electron chi connectivity index (χ4n) is 3.18. The fourth-order valence-corrected chi connectivity index (χ4v) is 3.18. The summed E-state index contributed by atoms with van der Waals surface area (Å²) >= 11 is 0. The zero-order valence-corrected chi connectivity index (χ0v) is 18.8. The van der Waals surface area contributed by atoms with Gasteiger partial charge in [-0.3, -0.25) is 4.79 Å². The number of hydrogen-bond acceptors (Lipinski definition) is 2. The topological polar surface area (TPSA) is 65.5 Å². The number of carbonyl (C=O) groups excluding carboxylic acids is 1. The van der Waals surface area contributed by atoms with Gasteiger partial charge in [-0.2, -0.15) is 0 Å². The molecule has 0 atom stereocenters. The summed E-state index contributed by atoms with van der Waals surface area (Å²) in [7, 11) is 1.64. The van der Waals surface area contributed by atoms with Gasteiger partial charge in [0.25, 0.3) is 5.91 Å². The van der Waals surface area contributed by atoms with E-state index in [1.807, 2.05) is 24.3 Å². The second kappa shape index (κ2) is 10.5. The minimum atomic E-state index is -0.0734. The van der Waals surface area contributed by atoms with E-state index in [1.165, 1.54) is 18.4 Å². The monoisotopic (exact) mass is 492 g/mol. The molecule has 28 heavy (non-hydrogen) atoms. The van der Waals surface area contributed by atoms with Crippen LogP contribution < -0.4 is 16.0 Å². The van der Waals surface area contributed by atoms with Crippen LogP contribution in [0.15, 0.2) is 59.6 Å². The third kappa shape index (κ3) is 5.70. The van der Waals surface area contributed by atoms with Gasteiger partial charge in [-0.05, 0) is 43.0 Å². The Balaban J connectivity index is 0.00000280. The van der Waals surface area contributed by atoms with Crippen LogP contribution in [0.4, 0.5) is 0 Å². The van der Waals surface area contributed by atoms with Gasteiger partial charge in [-0.15, -0.1) is 24.0 Å². The predicted molar refractivity (Wildman–Crippen MR) is 125 cm³/mol. The first kappa shape index (κ1) is 22.2. The molecule has 5 nitrogen and oxygen atoms in total. The van der Waals surface area contributed by atoms with E-state index in [1.54, 1.807) is 7.05 Å². The Labute approximate surface area is 184 Å². The molecule has 0 bridgehead atoms. The zero-order chi connectivity index (χ0) is 19.1. The van der Waals surface area contributed by atoms with Gasteiger partial charge in [-0.25, -0.2) is 4.99 Å². The van der Waals surface area contributed by atoms with Gasteiger partial charge in [-0.1, -0.05) is 42.5 Å². The van der Waals surface area contributed by atoms with Crippen LogP contribution in [0.3, 0.4) is 0 Å². The first-order valence-electron chi connectivity index (χ1n) is 9.55. The SMILES string of the molecule is CCNC(=NCc1ccc(C(=O)NC)cc1)NCC1(c2ccccc2)CC1.I. The lowest BCUT2D eigenvalue weighted by atomic mass is 9.96. The Kier molecular flexibility index (Phi) is 8.29. The highest BCUT2D eigenvalue weighted by Crippen LogP contribution is 2.47. The van der Waals surface area contributed by atoms with Crippen LogP contribution in [0.5, 0.6) is 0 Å². The van der Waals surface area contributed by atoms with Crippen molar-refractivity contribution in [2.24, 2.45) is 4.99 Å². The molecule has 1 saturated carbocycles. The Morgan fingerprint density at radius 1 is 1.04 bits per heavy atom. The second-order valence-electron chi connectivity index (χ2n) is 6.97. The van der Waals surface area contributed by atoms with Crippen molar-refractivity contribution in [3.8, 4) is 0 Å². The number of aliphatic imine (C=N–C) groups is 1. The molecule has 0 aliphatic heterocycles. The molecule has 3 rings (SSSR count). The van der Waals surface area contributed by atoms with Crippen LogP contribution in [0.25, 0.3) is 0 Å². The first-order chi connectivity index (χ1) is 13.2. The van der Waals surface area contributed by atoms with Crippen LogP contribution >= 0.6 is 24.0 Å². The lowest BCUT2D eigenvalue weighted by Crippen LogP contribution is -2.41. The van der Waals surface area contributed by atoms with E-state index in [9.17, 15) is 4.79 Å². The molecule has 1 fully saturated rings. The zero-order valence-electron chi connectivity index (χ0n) is 16.5. The first-order valence-corrected chi connectivity index (χ1v) is 9.55. The van der Waals surface area contributed by atoms with Crippen LogP contribution in [-0.2, 0) is 12.0 Å². The third-order valence-corrected chi connectivity index (χ3v) is 5.04. The van der Waals surface area contributed by atoms with E-state index in [-0.39, 0.29) is 35.3 Å². The van der Waals surface area contributed by atoms with Crippen molar-refractivity contribution in [3.05, 3.63) is 71.3 Å². The van der Waals surface area contributed by atoms with Crippen molar-refractivity contribution in [2.75, 3.05) is 20.1 Å². The van der Waals surface area contributed by atoms with Crippen LogP contribution in [0.2, 0.25) is 0 Å². The summed E-state index contributed by atoms with van der Waals surface area (Å²) in [4.78, 5) is 16.3. The minimum Gasteiger partial charge on any atom is -0.357 e. The van der Waals surface area contributed by atoms with Crippen LogP contribution in [-0.4, -0.2) is 32.0 Å². The number of rotatable bonds is 7. The van der Waals surface area contributed by atoms with Crippen molar-refractivity contribution in [1.82, 2.24) is 16.0 Å². The van der Waals surface area contributed by atoms with Gasteiger partial charge >= 0.3 is 0 Å². The molecule has 1 aliphatic rings. The molecule has 0 spiro atoms.